The SMILES string of the molecule is CCNCCNC(=O)c1c(C)cccc1C. The van der Waals surface area contributed by atoms with E-state index in [0.29, 0.717) is 6.54 Å². The van der Waals surface area contributed by atoms with Crippen LogP contribution < -0.4 is 10.6 Å². The highest BCUT2D eigenvalue weighted by atomic mass is 16.1. The van der Waals surface area contributed by atoms with Gasteiger partial charge >= 0.3 is 0 Å². The third kappa shape index (κ3) is 3.35. The van der Waals surface area contributed by atoms with Gasteiger partial charge in [-0.05, 0) is 31.5 Å². The van der Waals surface area contributed by atoms with E-state index in [4.69, 9.17) is 0 Å². The van der Waals surface area contributed by atoms with Crippen LogP contribution in [0.4, 0.5) is 0 Å². The van der Waals surface area contributed by atoms with Crippen LogP contribution in [0, 0.1) is 13.8 Å². The molecule has 0 aliphatic carbocycles. The standard InChI is InChI=1S/C13H20N2O/c1-4-14-8-9-15-13(16)12-10(2)6-5-7-11(12)3/h5-7,14H,4,8-9H2,1-3H3,(H,15,16). The monoisotopic (exact) mass is 220 g/mol. The number of aryl methyl sites for hydroxylation is 2. The quantitative estimate of drug-likeness (QED) is 0.741. The van der Waals surface area contributed by atoms with Crippen molar-refractivity contribution in [1.82, 2.24) is 10.6 Å². The second-order valence-corrected chi connectivity index (χ2v) is 3.88. The molecule has 1 rings (SSSR count). The maximum Gasteiger partial charge on any atom is 0.251 e. The summed E-state index contributed by atoms with van der Waals surface area (Å²) in [7, 11) is 0. The minimum Gasteiger partial charge on any atom is -0.351 e. The van der Waals surface area contributed by atoms with E-state index in [9.17, 15) is 4.79 Å². The van der Waals surface area contributed by atoms with E-state index < -0.39 is 0 Å². The zero-order valence-electron chi connectivity index (χ0n) is 10.3. The number of amides is 1. The number of hydrogen-bond acceptors (Lipinski definition) is 2. The molecule has 0 atom stereocenters. The molecule has 0 spiro atoms. The first kappa shape index (κ1) is 12.7. The highest BCUT2D eigenvalue weighted by Crippen LogP contribution is 2.12. The molecule has 0 aromatic heterocycles. The van der Waals surface area contributed by atoms with Gasteiger partial charge in [-0.15, -0.1) is 0 Å². The summed E-state index contributed by atoms with van der Waals surface area (Å²) in [5, 5.41) is 6.08. The Bertz CT molecular complexity index is 341. The molecule has 0 saturated carbocycles. The number of hydrogen-bond donors (Lipinski definition) is 2. The predicted molar refractivity (Wildman–Crippen MR) is 66.8 cm³/mol. The summed E-state index contributed by atoms with van der Waals surface area (Å²) in [4.78, 5) is 11.9. The Morgan fingerprint density at radius 1 is 1.19 bits per heavy atom. The van der Waals surface area contributed by atoms with Crippen LogP contribution in [0.1, 0.15) is 28.4 Å². The van der Waals surface area contributed by atoms with Crippen molar-refractivity contribution < 1.29 is 4.79 Å². The van der Waals surface area contributed by atoms with E-state index in [2.05, 4.69) is 10.6 Å². The fourth-order valence-corrected chi connectivity index (χ4v) is 1.70. The van der Waals surface area contributed by atoms with E-state index in [1.165, 1.54) is 0 Å². The number of carbonyl (C=O) groups excluding carboxylic acids is 1. The summed E-state index contributed by atoms with van der Waals surface area (Å²) in [5.41, 5.74) is 2.86. The van der Waals surface area contributed by atoms with Gasteiger partial charge in [0.2, 0.25) is 0 Å². The van der Waals surface area contributed by atoms with Crippen LogP contribution in [-0.2, 0) is 0 Å². The number of likely N-dealkylation sites (N-methyl/N-ethyl adjacent to an activating group) is 1. The molecule has 0 aliphatic heterocycles. The van der Waals surface area contributed by atoms with Crippen LogP contribution in [0.5, 0.6) is 0 Å². The lowest BCUT2D eigenvalue weighted by Gasteiger charge is -2.10. The van der Waals surface area contributed by atoms with Crippen LogP contribution in [0.3, 0.4) is 0 Å². The van der Waals surface area contributed by atoms with Gasteiger partial charge in [-0.2, -0.15) is 0 Å². The molecule has 3 nitrogen and oxygen atoms in total. The third-order valence-corrected chi connectivity index (χ3v) is 2.55. The van der Waals surface area contributed by atoms with E-state index in [1.807, 2.05) is 39.0 Å². The van der Waals surface area contributed by atoms with Crippen molar-refractivity contribution in [2.45, 2.75) is 20.8 Å². The lowest BCUT2D eigenvalue weighted by Crippen LogP contribution is -2.32. The molecular formula is C13H20N2O. The lowest BCUT2D eigenvalue weighted by atomic mass is 10.0. The molecular weight excluding hydrogens is 200 g/mol. The maximum absolute atomic E-state index is 11.9. The molecule has 0 bridgehead atoms. The first-order valence-electron chi connectivity index (χ1n) is 5.72. The molecule has 0 unspecified atom stereocenters. The van der Waals surface area contributed by atoms with E-state index in [0.717, 1.165) is 29.8 Å². The van der Waals surface area contributed by atoms with Gasteiger partial charge in [0.25, 0.3) is 5.91 Å². The Morgan fingerprint density at radius 3 is 2.38 bits per heavy atom. The average molecular weight is 220 g/mol. The normalized spacial score (nSPS) is 10.2. The van der Waals surface area contributed by atoms with Crippen LogP contribution in [-0.4, -0.2) is 25.5 Å². The summed E-state index contributed by atoms with van der Waals surface area (Å²) in [6.45, 7) is 8.39. The van der Waals surface area contributed by atoms with Crippen LogP contribution in [0.15, 0.2) is 18.2 Å². The van der Waals surface area contributed by atoms with Gasteiger partial charge in [0.1, 0.15) is 0 Å². The van der Waals surface area contributed by atoms with Crippen LogP contribution in [0.25, 0.3) is 0 Å². The fraction of sp³-hybridized carbons (Fsp3) is 0.462. The first-order chi connectivity index (χ1) is 7.66. The topological polar surface area (TPSA) is 41.1 Å². The average Bonchev–Trinajstić information content (AvgIpc) is 2.24. The molecule has 1 amide bonds. The van der Waals surface area contributed by atoms with Crippen molar-refractivity contribution in [3.63, 3.8) is 0 Å². The summed E-state index contributed by atoms with van der Waals surface area (Å²) >= 11 is 0. The number of rotatable bonds is 5. The fourth-order valence-electron chi connectivity index (χ4n) is 1.70. The molecule has 1 aromatic rings. The Balaban J connectivity index is 2.59. The third-order valence-electron chi connectivity index (χ3n) is 2.55. The second kappa shape index (κ2) is 6.28. The van der Waals surface area contributed by atoms with E-state index >= 15 is 0 Å². The highest BCUT2D eigenvalue weighted by molar-refractivity contribution is 5.97. The van der Waals surface area contributed by atoms with Crippen LogP contribution >= 0.6 is 0 Å². The van der Waals surface area contributed by atoms with Gasteiger partial charge in [0, 0.05) is 18.7 Å². The van der Waals surface area contributed by atoms with Gasteiger partial charge in [-0.3, -0.25) is 4.79 Å². The van der Waals surface area contributed by atoms with Gasteiger partial charge < -0.3 is 10.6 Å². The summed E-state index contributed by atoms with van der Waals surface area (Å²) in [6, 6.07) is 5.90. The largest absolute Gasteiger partial charge is 0.351 e. The number of carbonyl (C=O) groups is 1. The first-order valence-corrected chi connectivity index (χ1v) is 5.72. The number of nitrogens with one attached hydrogen (secondary N) is 2. The molecule has 0 aliphatic rings. The van der Waals surface area contributed by atoms with Crippen molar-refractivity contribution in [2.24, 2.45) is 0 Å². The summed E-state index contributed by atoms with van der Waals surface area (Å²) < 4.78 is 0. The highest BCUT2D eigenvalue weighted by Gasteiger charge is 2.10. The van der Waals surface area contributed by atoms with E-state index in [-0.39, 0.29) is 5.91 Å². The van der Waals surface area contributed by atoms with Crippen molar-refractivity contribution in [3.8, 4) is 0 Å². The molecule has 0 saturated heterocycles. The molecule has 2 N–H and O–H groups in total. The predicted octanol–water partition coefficient (Wildman–Crippen LogP) is 1.64. The van der Waals surface area contributed by atoms with Crippen molar-refractivity contribution in [3.05, 3.63) is 34.9 Å². The molecule has 88 valence electrons. The molecule has 3 heteroatoms. The van der Waals surface area contributed by atoms with Crippen molar-refractivity contribution in [2.75, 3.05) is 19.6 Å². The summed E-state index contributed by atoms with van der Waals surface area (Å²) in [6.07, 6.45) is 0. The Morgan fingerprint density at radius 2 is 1.81 bits per heavy atom. The number of benzene rings is 1. The molecule has 16 heavy (non-hydrogen) atoms. The molecule has 0 fully saturated rings. The van der Waals surface area contributed by atoms with E-state index in [1.54, 1.807) is 0 Å². The van der Waals surface area contributed by atoms with Crippen LogP contribution in [0.2, 0.25) is 0 Å². The Labute approximate surface area is 97.2 Å². The Kier molecular flexibility index (Phi) is 4.99. The zero-order valence-corrected chi connectivity index (χ0v) is 10.3. The molecule has 1 aromatic carbocycles. The molecule has 0 radical (unpaired) electrons. The minimum atomic E-state index is 0.0218. The second-order valence-electron chi connectivity index (χ2n) is 3.88. The zero-order chi connectivity index (χ0) is 12.0. The smallest absolute Gasteiger partial charge is 0.251 e. The van der Waals surface area contributed by atoms with Gasteiger partial charge in [0.05, 0.1) is 0 Å². The van der Waals surface area contributed by atoms with Gasteiger partial charge in [0.15, 0.2) is 0 Å². The van der Waals surface area contributed by atoms with Crippen molar-refractivity contribution >= 4 is 5.91 Å². The van der Waals surface area contributed by atoms with Gasteiger partial charge in [-0.25, -0.2) is 0 Å². The Hall–Kier alpha value is -1.35. The van der Waals surface area contributed by atoms with Crippen molar-refractivity contribution in [1.29, 1.82) is 0 Å². The molecule has 0 heterocycles. The van der Waals surface area contributed by atoms with Gasteiger partial charge in [-0.1, -0.05) is 25.1 Å². The summed E-state index contributed by atoms with van der Waals surface area (Å²) in [5.74, 6) is 0.0218. The minimum absolute atomic E-state index is 0.0218. The lowest BCUT2D eigenvalue weighted by molar-refractivity contribution is 0.0953. The maximum atomic E-state index is 11.9.